The second-order valence-electron chi connectivity index (χ2n) is 8.29. The Morgan fingerprint density at radius 1 is 0.941 bits per heavy atom. The molecule has 0 spiro atoms. The van der Waals surface area contributed by atoms with Gasteiger partial charge in [-0.3, -0.25) is 9.59 Å². The molecule has 0 aliphatic carbocycles. The second-order valence-corrected chi connectivity index (χ2v) is 10.2. The number of sulfonamides is 1. The lowest BCUT2D eigenvalue weighted by Gasteiger charge is -2.22. The molecule has 1 atom stereocenters. The summed E-state index contributed by atoms with van der Waals surface area (Å²) in [5.74, 6) is -0.0483. The van der Waals surface area contributed by atoms with Crippen LogP contribution in [0.3, 0.4) is 0 Å². The van der Waals surface area contributed by atoms with Crippen LogP contribution in [0.25, 0.3) is 0 Å². The molecule has 184 valence electrons. The highest BCUT2D eigenvalue weighted by Crippen LogP contribution is 2.30. The highest BCUT2D eigenvalue weighted by Gasteiger charge is 2.26. The normalized spacial score (nSPS) is 15.6. The van der Waals surface area contributed by atoms with E-state index in [9.17, 15) is 18.0 Å². The SMILES string of the molecule is COc1ccc(S(=O)(=O)N2CCCCCC2)cc1N[C@@H](C)C(=O)Nc1ccc(NC(C)=O)cc1. The quantitative estimate of drug-likeness (QED) is 0.522. The van der Waals surface area contributed by atoms with Crippen molar-refractivity contribution in [1.29, 1.82) is 0 Å². The third-order valence-corrected chi connectivity index (χ3v) is 7.51. The fraction of sp³-hybridized carbons (Fsp3) is 0.417. The van der Waals surface area contributed by atoms with Gasteiger partial charge in [0.05, 0.1) is 17.7 Å². The van der Waals surface area contributed by atoms with Gasteiger partial charge in [-0.2, -0.15) is 4.31 Å². The van der Waals surface area contributed by atoms with Crippen molar-refractivity contribution in [3.8, 4) is 5.75 Å². The summed E-state index contributed by atoms with van der Waals surface area (Å²) in [7, 11) is -2.15. The van der Waals surface area contributed by atoms with E-state index >= 15 is 0 Å². The Morgan fingerprint density at radius 2 is 1.53 bits per heavy atom. The van der Waals surface area contributed by atoms with Crippen LogP contribution in [0.2, 0.25) is 0 Å². The van der Waals surface area contributed by atoms with E-state index in [2.05, 4.69) is 16.0 Å². The number of rotatable bonds is 8. The zero-order chi connectivity index (χ0) is 24.7. The van der Waals surface area contributed by atoms with E-state index in [0.29, 0.717) is 35.9 Å². The molecule has 2 aromatic carbocycles. The Kier molecular flexibility index (Phi) is 8.51. The van der Waals surface area contributed by atoms with Crippen LogP contribution in [0.15, 0.2) is 47.4 Å². The smallest absolute Gasteiger partial charge is 0.246 e. The first-order chi connectivity index (χ1) is 16.2. The van der Waals surface area contributed by atoms with Gasteiger partial charge < -0.3 is 20.7 Å². The minimum absolute atomic E-state index is 0.166. The number of hydrogen-bond donors (Lipinski definition) is 3. The summed E-state index contributed by atoms with van der Waals surface area (Å²) in [6.45, 7) is 4.12. The molecule has 1 aliphatic rings. The molecule has 10 heteroatoms. The van der Waals surface area contributed by atoms with Crippen LogP contribution in [0.5, 0.6) is 5.75 Å². The van der Waals surface area contributed by atoms with Gasteiger partial charge in [0.15, 0.2) is 0 Å². The molecule has 0 radical (unpaired) electrons. The molecule has 0 unspecified atom stereocenters. The van der Waals surface area contributed by atoms with E-state index in [-0.39, 0.29) is 16.7 Å². The van der Waals surface area contributed by atoms with Crippen molar-refractivity contribution < 1.29 is 22.7 Å². The Hall–Kier alpha value is -3.11. The number of ether oxygens (including phenoxy) is 1. The average Bonchev–Trinajstić information content (AvgIpc) is 3.10. The zero-order valence-corrected chi connectivity index (χ0v) is 20.6. The minimum Gasteiger partial charge on any atom is -0.495 e. The monoisotopic (exact) mass is 488 g/mol. The molecule has 3 N–H and O–H groups in total. The average molecular weight is 489 g/mol. The van der Waals surface area contributed by atoms with E-state index in [1.165, 1.54) is 30.5 Å². The van der Waals surface area contributed by atoms with E-state index < -0.39 is 16.1 Å². The molecule has 1 saturated heterocycles. The molecule has 1 fully saturated rings. The number of hydrogen-bond acceptors (Lipinski definition) is 6. The van der Waals surface area contributed by atoms with Crippen LogP contribution in [0, 0.1) is 0 Å². The standard InChI is InChI=1S/C24H32N4O5S/c1-17(24(30)27-20-10-8-19(9-11-20)26-18(2)29)25-22-16-21(12-13-23(22)33-3)34(31,32)28-14-6-4-5-7-15-28/h8-13,16-17,25H,4-7,14-15H2,1-3H3,(H,26,29)(H,27,30)/t17-/m0/s1. The van der Waals surface area contributed by atoms with Gasteiger partial charge in [-0.15, -0.1) is 0 Å². The number of carbonyl (C=O) groups is 2. The molecule has 3 rings (SSSR count). The highest BCUT2D eigenvalue weighted by atomic mass is 32.2. The zero-order valence-electron chi connectivity index (χ0n) is 19.8. The third kappa shape index (κ3) is 6.48. The van der Waals surface area contributed by atoms with Crippen LogP contribution >= 0.6 is 0 Å². The topological polar surface area (TPSA) is 117 Å². The molecule has 1 heterocycles. The molecule has 9 nitrogen and oxygen atoms in total. The number of carbonyl (C=O) groups excluding carboxylic acids is 2. The van der Waals surface area contributed by atoms with Crippen molar-refractivity contribution in [2.24, 2.45) is 0 Å². The van der Waals surface area contributed by atoms with Crippen molar-refractivity contribution in [2.75, 3.05) is 36.1 Å². The largest absolute Gasteiger partial charge is 0.495 e. The second kappa shape index (κ2) is 11.3. The van der Waals surface area contributed by atoms with Crippen molar-refractivity contribution in [3.63, 3.8) is 0 Å². The number of methoxy groups -OCH3 is 1. The number of benzene rings is 2. The fourth-order valence-electron chi connectivity index (χ4n) is 3.78. The maximum Gasteiger partial charge on any atom is 0.246 e. The van der Waals surface area contributed by atoms with Crippen LogP contribution in [-0.2, 0) is 19.6 Å². The summed E-state index contributed by atoms with van der Waals surface area (Å²) in [6.07, 6.45) is 3.76. The fourth-order valence-corrected chi connectivity index (χ4v) is 5.32. The maximum absolute atomic E-state index is 13.2. The molecule has 0 saturated carbocycles. The maximum atomic E-state index is 13.2. The number of amides is 2. The summed E-state index contributed by atoms with van der Waals surface area (Å²) in [5, 5.41) is 8.54. The van der Waals surface area contributed by atoms with Gasteiger partial charge in [-0.05, 0) is 62.2 Å². The van der Waals surface area contributed by atoms with E-state index in [1.807, 2.05) is 0 Å². The van der Waals surface area contributed by atoms with Gasteiger partial charge in [-0.1, -0.05) is 12.8 Å². The van der Waals surface area contributed by atoms with E-state index in [0.717, 1.165) is 25.7 Å². The van der Waals surface area contributed by atoms with Crippen molar-refractivity contribution in [1.82, 2.24) is 4.31 Å². The van der Waals surface area contributed by atoms with Crippen molar-refractivity contribution >= 4 is 38.9 Å². The number of nitrogens with zero attached hydrogens (tertiary/aromatic N) is 1. The van der Waals surface area contributed by atoms with Crippen LogP contribution < -0.4 is 20.7 Å². The lowest BCUT2D eigenvalue weighted by atomic mass is 10.2. The van der Waals surface area contributed by atoms with Crippen molar-refractivity contribution in [3.05, 3.63) is 42.5 Å². The van der Waals surface area contributed by atoms with Gasteiger partial charge in [-0.25, -0.2) is 8.42 Å². The first-order valence-corrected chi connectivity index (χ1v) is 12.8. The predicted octanol–water partition coefficient (Wildman–Crippen LogP) is 3.66. The van der Waals surface area contributed by atoms with Gasteiger partial charge in [0.1, 0.15) is 11.8 Å². The van der Waals surface area contributed by atoms with Gasteiger partial charge in [0.2, 0.25) is 21.8 Å². The molecule has 1 aliphatic heterocycles. The third-order valence-electron chi connectivity index (χ3n) is 5.61. The summed E-state index contributed by atoms with van der Waals surface area (Å²) >= 11 is 0. The van der Waals surface area contributed by atoms with E-state index in [1.54, 1.807) is 37.3 Å². The molecular weight excluding hydrogens is 456 g/mol. The molecule has 34 heavy (non-hydrogen) atoms. The van der Waals surface area contributed by atoms with Crippen LogP contribution in [-0.4, -0.2) is 50.8 Å². The van der Waals surface area contributed by atoms with Gasteiger partial charge >= 0.3 is 0 Å². The molecule has 2 aromatic rings. The van der Waals surface area contributed by atoms with Gasteiger partial charge in [0, 0.05) is 31.4 Å². The lowest BCUT2D eigenvalue weighted by molar-refractivity contribution is -0.116. The lowest BCUT2D eigenvalue weighted by Crippen LogP contribution is -2.33. The van der Waals surface area contributed by atoms with Crippen LogP contribution in [0.1, 0.15) is 39.5 Å². The molecule has 0 aromatic heterocycles. The van der Waals surface area contributed by atoms with E-state index in [4.69, 9.17) is 4.74 Å². The Labute approximate surface area is 200 Å². The highest BCUT2D eigenvalue weighted by molar-refractivity contribution is 7.89. The molecule has 0 bridgehead atoms. The first-order valence-electron chi connectivity index (χ1n) is 11.3. The molecular formula is C24H32N4O5S. The van der Waals surface area contributed by atoms with Crippen LogP contribution in [0.4, 0.5) is 17.1 Å². The summed E-state index contributed by atoms with van der Waals surface area (Å²) < 4.78 is 33.3. The Balaban J connectivity index is 1.73. The van der Waals surface area contributed by atoms with Crippen molar-refractivity contribution in [2.45, 2.75) is 50.5 Å². The molecule has 2 amide bonds. The Morgan fingerprint density at radius 3 is 2.09 bits per heavy atom. The van der Waals surface area contributed by atoms with Gasteiger partial charge in [0.25, 0.3) is 0 Å². The Bertz CT molecular complexity index is 1110. The number of anilines is 3. The minimum atomic E-state index is -3.64. The predicted molar refractivity (Wildman–Crippen MR) is 133 cm³/mol. The summed E-state index contributed by atoms with van der Waals surface area (Å²) in [5.41, 5.74) is 1.61. The summed E-state index contributed by atoms with van der Waals surface area (Å²) in [6, 6.07) is 10.7. The summed E-state index contributed by atoms with van der Waals surface area (Å²) in [4.78, 5) is 24.0. The number of nitrogens with one attached hydrogen (secondary N) is 3. The first kappa shape index (κ1) is 25.5.